The van der Waals surface area contributed by atoms with Crippen LogP contribution in [0.1, 0.15) is 25.0 Å². The molecule has 1 aromatic carbocycles. The van der Waals surface area contributed by atoms with E-state index >= 15 is 0 Å². The average Bonchev–Trinajstić information content (AvgIpc) is 2.44. The number of hydrogen-bond donors (Lipinski definition) is 2. The van der Waals surface area contributed by atoms with Crippen LogP contribution < -0.4 is 15.4 Å². The highest BCUT2D eigenvalue weighted by Gasteiger charge is 2.05. The van der Waals surface area contributed by atoms with Gasteiger partial charge in [-0.1, -0.05) is 26.0 Å². The van der Waals surface area contributed by atoms with E-state index < -0.39 is 0 Å². The molecule has 0 aromatic heterocycles. The standard InChI is InChI=1S/C15H24N2O2/c1-4-12-6-7-14(19-3)13(10-12)8-9-17-15(18)11-16-5-2/h6-7,10,16H,4-5,8-9,11H2,1-3H3,(H,17,18). The molecule has 0 radical (unpaired) electrons. The maximum atomic E-state index is 11.5. The van der Waals surface area contributed by atoms with Gasteiger partial charge in [0.15, 0.2) is 0 Å². The highest BCUT2D eigenvalue weighted by atomic mass is 16.5. The number of methoxy groups -OCH3 is 1. The fourth-order valence-corrected chi connectivity index (χ4v) is 1.88. The van der Waals surface area contributed by atoms with Gasteiger partial charge < -0.3 is 15.4 Å². The van der Waals surface area contributed by atoms with Crippen molar-refractivity contribution in [1.29, 1.82) is 0 Å². The maximum absolute atomic E-state index is 11.5. The Morgan fingerprint density at radius 3 is 2.74 bits per heavy atom. The summed E-state index contributed by atoms with van der Waals surface area (Å²) < 4.78 is 5.34. The number of rotatable bonds is 8. The van der Waals surface area contributed by atoms with Gasteiger partial charge in [-0.15, -0.1) is 0 Å². The Balaban J connectivity index is 2.49. The van der Waals surface area contributed by atoms with E-state index in [0.29, 0.717) is 13.1 Å². The van der Waals surface area contributed by atoms with Crippen LogP contribution in [0, 0.1) is 0 Å². The number of likely N-dealkylation sites (N-methyl/N-ethyl adjacent to an activating group) is 1. The molecule has 19 heavy (non-hydrogen) atoms. The van der Waals surface area contributed by atoms with E-state index in [1.807, 2.05) is 13.0 Å². The molecule has 1 rings (SSSR count). The van der Waals surface area contributed by atoms with Gasteiger partial charge in [-0.3, -0.25) is 4.79 Å². The van der Waals surface area contributed by atoms with Crippen molar-refractivity contribution in [2.45, 2.75) is 26.7 Å². The smallest absolute Gasteiger partial charge is 0.233 e. The zero-order chi connectivity index (χ0) is 14.1. The van der Waals surface area contributed by atoms with Gasteiger partial charge in [-0.2, -0.15) is 0 Å². The van der Waals surface area contributed by atoms with E-state index in [9.17, 15) is 4.79 Å². The minimum Gasteiger partial charge on any atom is -0.496 e. The van der Waals surface area contributed by atoms with Crippen LogP contribution in [-0.2, 0) is 17.6 Å². The lowest BCUT2D eigenvalue weighted by Crippen LogP contribution is -2.34. The van der Waals surface area contributed by atoms with E-state index in [0.717, 1.165) is 30.7 Å². The zero-order valence-electron chi connectivity index (χ0n) is 12.1. The Kier molecular flexibility index (Phi) is 6.97. The highest BCUT2D eigenvalue weighted by Crippen LogP contribution is 2.20. The van der Waals surface area contributed by atoms with Gasteiger partial charge in [0.2, 0.25) is 5.91 Å². The lowest BCUT2D eigenvalue weighted by molar-refractivity contribution is -0.120. The molecule has 0 aliphatic carbocycles. The molecule has 0 bridgehead atoms. The molecule has 0 atom stereocenters. The summed E-state index contributed by atoms with van der Waals surface area (Å²) in [5.74, 6) is 0.922. The first-order chi connectivity index (χ1) is 9.21. The molecule has 4 heteroatoms. The van der Waals surface area contributed by atoms with E-state index in [1.54, 1.807) is 7.11 Å². The topological polar surface area (TPSA) is 50.4 Å². The molecular formula is C15H24N2O2. The van der Waals surface area contributed by atoms with Crippen molar-refractivity contribution in [3.8, 4) is 5.75 Å². The second-order valence-corrected chi connectivity index (χ2v) is 4.38. The van der Waals surface area contributed by atoms with E-state index in [4.69, 9.17) is 4.74 Å². The number of benzene rings is 1. The maximum Gasteiger partial charge on any atom is 0.233 e. The lowest BCUT2D eigenvalue weighted by Gasteiger charge is -2.11. The largest absolute Gasteiger partial charge is 0.496 e. The summed E-state index contributed by atoms with van der Waals surface area (Å²) >= 11 is 0. The molecule has 0 heterocycles. The lowest BCUT2D eigenvalue weighted by atomic mass is 10.1. The van der Waals surface area contributed by atoms with Gasteiger partial charge in [-0.25, -0.2) is 0 Å². The minimum absolute atomic E-state index is 0.0347. The third-order valence-corrected chi connectivity index (χ3v) is 3.01. The molecule has 0 unspecified atom stereocenters. The Bertz CT molecular complexity index is 405. The predicted molar refractivity (Wildman–Crippen MR) is 77.6 cm³/mol. The van der Waals surface area contributed by atoms with Gasteiger partial charge in [0.25, 0.3) is 0 Å². The summed E-state index contributed by atoms with van der Waals surface area (Å²) in [6, 6.07) is 6.22. The van der Waals surface area contributed by atoms with Gasteiger partial charge in [0, 0.05) is 6.54 Å². The van der Waals surface area contributed by atoms with Crippen LogP contribution in [0.25, 0.3) is 0 Å². The summed E-state index contributed by atoms with van der Waals surface area (Å²) in [6.45, 7) is 5.92. The molecule has 0 saturated carbocycles. The van der Waals surface area contributed by atoms with Crippen LogP contribution in [-0.4, -0.2) is 32.7 Å². The number of hydrogen-bond acceptors (Lipinski definition) is 3. The Morgan fingerprint density at radius 2 is 2.11 bits per heavy atom. The second-order valence-electron chi connectivity index (χ2n) is 4.38. The Labute approximate surface area is 115 Å². The van der Waals surface area contributed by atoms with Gasteiger partial charge >= 0.3 is 0 Å². The number of carbonyl (C=O) groups is 1. The Morgan fingerprint density at radius 1 is 1.32 bits per heavy atom. The highest BCUT2D eigenvalue weighted by molar-refractivity contribution is 5.77. The average molecular weight is 264 g/mol. The molecule has 0 aliphatic heterocycles. The first-order valence-electron chi connectivity index (χ1n) is 6.84. The van der Waals surface area contributed by atoms with Crippen molar-refractivity contribution in [2.75, 3.05) is 26.7 Å². The molecule has 0 saturated heterocycles. The minimum atomic E-state index is 0.0347. The molecule has 1 amide bonds. The first kappa shape index (κ1) is 15.5. The SMILES string of the molecule is CCNCC(=O)NCCc1cc(CC)ccc1OC. The predicted octanol–water partition coefficient (Wildman–Crippen LogP) is 1.53. The number of carbonyl (C=O) groups excluding carboxylic acids is 1. The normalized spacial score (nSPS) is 10.3. The molecule has 106 valence electrons. The third kappa shape index (κ3) is 5.30. The van der Waals surface area contributed by atoms with Crippen molar-refractivity contribution < 1.29 is 9.53 Å². The fourth-order valence-electron chi connectivity index (χ4n) is 1.88. The first-order valence-corrected chi connectivity index (χ1v) is 6.84. The van der Waals surface area contributed by atoms with Crippen LogP contribution in [0.3, 0.4) is 0 Å². The number of aryl methyl sites for hydroxylation is 1. The van der Waals surface area contributed by atoms with E-state index in [2.05, 4.69) is 29.7 Å². The van der Waals surface area contributed by atoms with E-state index in [1.165, 1.54) is 5.56 Å². The summed E-state index contributed by atoms with van der Waals surface area (Å²) in [6.07, 6.45) is 1.79. The van der Waals surface area contributed by atoms with Crippen molar-refractivity contribution in [1.82, 2.24) is 10.6 Å². The molecule has 4 nitrogen and oxygen atoms in total. The van der Waals surface area contributed by atoms with Crippen LogP contribution in [0.15, 0.2) is 18.2 Å². The van der Waals surface area contributed by atoms with Crippen molar-refractivity contribution in [3.05, 3.63) is 29.3 Å². The monoisotopic (exact) mass is 264 g/mol. The van der Waals surface area contributed by atoms with Crippen LogP contribution in [0.5, 0.6) is 5.75 Å². The number of nitrogens with one attached hydrogen (secondary N) is 2. The fraction of sp³-hybridized carbons (Fsp3) is 0.533. The van der Waals surface area contributed by atoms with Gasteiger partial charge in [-0.05, 0) is 36.6 Å². The summed E-state index contributed by atoms with van der Waals surface area (Å²) in [7, 11) is 1.67. The zero-order valence-corrected chi connectivity index (χ0v) is 12.1. The quantitative estimate of drug-likeness (QED) is 0.748. The van der Waals surface area contributed by atoms with Crippen molar-refractivity contribution in [3.63, 3.8) is 0 Å². The molecule has 0 fully saturated rings. The molecule has 0 aliphatic rings. The molecule has 2 N–H and O–H groups in total. The number of ether oxygens (including phenoxy) is 1. The van der Waals surface area contributed by atoms with Crippen LogP contribution in [0.2, 0.25) is 0 Å². The second kappa shape index (κ2) is 8.53. The van der Waals surface area contributed by atoms with Gasteiger partial charge in [0.1, 0.15) is 5.75 Å². The van der Waals surface area contributed by atoms with Crippen molar-refractivity contribution >= 4 is 5.91 Å². The van der Waals surface area contributed by atoms with Crippen LogP contribution >= 0.6 is 0 Å². The van der Waals surface area contributed by atoms with Gasteiger partial charge in [0.05, 0.1) is 13.7 Å². The summed E-state index contributed by atoms with van der Waals surface area (Å²) in [5, 5.41) is 5.90. The molecule has 1 aromatic rings. The van der Waals surface area contributed by atoms with E-state index in [-0.39, 0.29) is 5.91 Å². The number of amides is 1. The summed E-state index contributed by atoms with van der Waals surface area (Å²) in [5.41, 5.74) is 2.43. The molecular weight excluding hydrogens is 240 g/mol. The third-order valence-electron chi connectivity index (χ3n) is 3.01. The Hall–Kier alpha value is -1.55. The van der Waals surface area contributed by atoms with Crippen molar-refractivity contribution in [2.24, 2.45) is 0 Å². The summed E-state index contributed by atoms with van der Waals surface area (Å²) in [4.78, 5) is 11.5. The van der Waals surface area contributed by atoms with Crippen LogP contribution in [0.4, 0.5) is 0 Å². The molecule has 0 spiro atoms.